The first-order chi connectivity index (χ1) is 16.5. The van der Waals surface area contributed by atoms with Crippen LogP contribution in [-0.2, 0) is 11.3 Å². The highest BCUT2D eigenvalue weighted by atomic mass is 32.1. The number of aromatic nitrogens is 1. The third-order valence-corrected chi connectivity index (χ3v) is 6.49. The predicted octanol–water partition coefficient (Wildman–Crippen LogP) is 4.09. The van der Waals surface area contributed by atoms with Crippen molar-refractivity contribution >= 4 is 28.7 Å². The summed E-state index contributed by atoms with van der Waals surface area (Å²) in [5.41, 5.74) is 4.06. The summed E-state index contributed by atoms with van der Waals surface area (Å²) in [5.74, 6) is -0.282. The molecule has 0 radical (unpaired) electrons. The molecule has 3 aromatic rings. The van der Waals surface area contributed by atoms with E-state index in [9.17, 15) is 9.18 Å². The van der Waals surface area contributed by atoms with Crippen molar-refractivity contribution in [2.75, 3.05) is 51.8 Å². The van der Waals surface area contributed by atoms with E-state index in [1.54, 1.807) is 37.6 Å². The summed E-state index contributed by atoms with van der Waals surface area (Å²) in [5, 5.41) is 5.01. The van der Waals surface area contributed by atoms with Gasteiger partial charge in [0.2, 0.25) is 0 Å². The number of nitrogens with one attached hydrogen (secondary N) is 1. The van der Waals surface area contributed by atoms with E-state index in [1.807, 2.05) is 0 Å². The minimum atomic E-state index is -0.282. The molecule has 0 spiro atoms. The summed E-state index contributed by atoms with van der Waals surface area (Å²) in [7, 11) is 3.45. The molecule has 0 saturated carbocycles. The molecule has 2 aromatic carbocycles. The van der Waals surface area contributed by atoms with Crippen LogP contribution in [0.2, 0.25) is 0 Å². The highest BCUT2D eigenvalue weighted by Gasteiger charge is 2.13. The molecular weight excluding hydrogens is 453 g/mol. The number of thiazole rings is 1. The van der Waals surface area contributed by atoms with Crippen molar-refractivity contribution in [3.8, 4) is 11.3 Å². The molecule has 7 nitrogen and oxygen atoms in total. The summed E-state index contributed by atoms with van der Waals surface area (Å²) < 4.78 is 21.0. The van der Waals surface area contributed by atoms with E-state index >= 15 is 0 Å². The zero-order valence-electron chi connectivity index (χ0n) is 19.5. The molecule has 180 valence electrons. The van der Waals surface area contributed by atoms with Gasteiger partial charge in [-0.05, 0) is 48.4 Å². The van der Waals surface area contributed by atoms with Gasteiger partial charge in [0.05, 0.1) is 24.6 Å². The maximum atomic E-state index is 13.3. The van der Waals surface area contributed by atoms with Gasteiger partial charge < -0.3 is 24.4 Å². The summed E-state index contributed by atoms with van der Waals surface area (Å²) in [6, 6.07) is 14.6. The Morgan fingerprint density at radius 1 is 1.12 bits per heavy atom. The third-order valence-electron chi connectivity index (χ3n) is 5.63. The highest BCUT2D eigenvalue weighted by Crippen LogP contribution is 2.25. The predicted molar refractivity (Wildman–Crippen MR) is 134 cm³/mol. The Labute approximate surface area is 203 Å². The Morgan fingerprint density at radius 2 is 1.82 bits per heavy atom. The van der Waals surface area contributed by atoms with Gasteiger partial charge in [-0.2, -0.15) is 0 Å². The summed E-state index contributed by atoms with van der Waals surface area (Å²) in [4.78, 5) is 21.3. The van der Waals surface area contributed by atoms with Gasteiger partial charge in [-0.1, -0.05) is 12.1 Å². The van der Waals surface area contributed by atoms with Crippen LogP contribution in [0.5, 0.6) is 0 Å². The molecule has 9 heteroatoms. The molecule has 34 heavy (non-hydrogen) atoms. The Balaban J connectivity index is 1.58. The van der Waals surface area contributed by atoms with Crippen LogP contribution >= 0.6 is 11.3 Å². The standard InChI is InChI=1S/C25H30FN5O2S/c1-29(2)24(32)27-12-3-13-31-23(18-34-25(31)28-21-8-6-20(26)7-9-21)19-4-10-22(11-5-19)30-14-16-33-17-15-30/h4-11,18H,3,12-17H2,1-2H3,(H,27,32). The van der Waals surface area contributed by atoms with Gasteiger partial charge in [-0.15, -0.1) is 11.3 Å². The Hall–Kier alpha value is -3.17. The molecular formula is C25H30FN5O2S. The van der Waals surface area contributed by atoms with Crippen molar-refractivity contribution in [2.45, 2.75) is 13.0 Å². The van der Waals surface area contributed by atoms with Crippen molar-refractivity contribution < 1.29 is 13.9 Å². The number of anilines is 1. The molecule has 1 aromatic heterocycles. The van der Waals surface area contributed by atoms with Gasteiger partial charge in [-0.25, -0.2) is 14.2 Å². The first-order valence-corrected chi connectivity index (χ1v) is 12.3. The van der Waals surface area contributed by atoms with E-state index in [1.165, 1.54) is 22.7 Å². The number of carbonyl (C=O) groups is 1. The van der Waals surface area contributed by atoms with E-state index in [4.69, 9.17) is 9.73 Å². The molecule has 0 atom stereocenters. The van der Waals surface area contributed by atoms with Gasteiger partial charge >= 0.3 is 6.03 Å². The second-order valence-electron chi connectivity index (χ2n) is 8.27. The molecule has 1 aliphatic rings. The van der Waals surface area contributed by atoms with Crippen LogP contribution in [-0.4, -0.2) is 62.4 Å². The van der Waals surface area contributed by atoms with Gasteiger partial charge in [0, 0.05) is 51.3 Å². The van der Waals surface area contributed by atoms with Crippen LogP contribution in [0.3, 0.4) is 0 Å². The molecule has 1 fully saturated rings. The lowest BCUT2D eigenvalue weighted by atomic mass is 10.1. The number of benzene rings is 2. The molecule has 0 unspecified atom stereocenters. The van der Waals surface area contributed by atoms with Crippen molar-refractivity contribution in [2.24, 2.45) is 4.99 Å². The minimum absolute atomic E-state index is 0.106. The Morgan fingerprint density at radius 3 is 2.50 bits per heavy atom. The summed E-state index contributed by atoms with van der Waals surface area (Å²) in [6.45, 7) is 4.56. The lowest BCUT2D eigenvalue weighted by Crippen LogP contribution is -2.36. The van der Waals surface area contributed by atoms with Crippen molar-refractivity contribution in [3.63, 3.8) is 0 Å². The van der Waals surface area contributed by atoms with Crippen LogP contribution in [0.1, 0.15) is 6.42 Å². The molecule has 2 heterocycles. The number of hydrogen-bond acceptors (Lipinski definition) is 5. The van der Waals surface area contributed by atoms with E-state index in [2.05, 4.69) is 44.4 Å². The molecule has 2 amide bonds. The van der Waals surface area contributed by atoms with Crippen LogP contribution in [0.15, 0.2) is 58.9 Å². The number of ether oxygens (including phenoxy) is 1. The largest absolute Gasteiger partial charge is 0.378 e. The zero-order valence-corrected chi connectivity index (χ0v) is 20.4. The van der Waals surface area contributed by atoms with Gasteiger partial charge in [0.15, 0.2) is 4.80 Å². The average molecular weight is 484 g/mol. The fraction of sp³-hybridized carbons (Fsp3) is 0.360. The number of carbonyl (C=O) groups excluding carboxylic acids is 1. The smallest absolute Gasteiger partial charge is 0.316 e. The Kier molecular flexibility index (Phi) is 7.97. The van der Waals surface area contributed by atoms with Gasteiger partial charge in [0.1, 0.15) is 5.82 Å². The number of halogens is 1. The summed E-state index contributed by atoms with van der Waals surface area (Å²) >= 11 is 1.55. The number of rotatable bonds is 7. The fourth-order valence-corrected chi connectivity index (χ4v) is 4.70. The molecule has 4 rings (SSSR count). The van der Waals surface area contributed by atoms with Crippen LogP contribution < -0.4 is 15.0 Å². The summed E-state index contributed by atoms with van der Waals surface area (Å²) in [6.07, 6.45) is 0.756. The minimum Gasteiger partial charge on any atom is -0.378 e. The Bertz CT molecular complexity index is 1150. The maximum absolute atomic E-state index is 13.3. The zero-order chi connectivity index (χ0) is 23.9. The van der Waals surface area contributed by atoms with E-state index < -0.39 is 0 Å². The second-order valence-corrected chi connectivity index (χ2v) is 9.11. The molecule has 1 N–H and O–H groups in total. The SMILES string of the molecule is CN(C)C(=O)NCCCn1c(-c2ccc(N3CCOCC3)cc2)csc1=Nc1ccc(F)cc1. The normalized spacial score (nSPS) is 14.3. The first kappa shape index (κ1) is 24.0. The fourth-order valence-electron chi connectivity index (χ4n) is 3.75. The number of morpholine rings is 1. The molecule has 0 bridgehead atoms. The lowest BCUT2D eigenvalue weighted by Gasteiger charge is -2.28. The second kappa shape index (κ2) is 11.3. The van der Waals surface area contributed by atoms with Gasteiger partial charge in [0.25, 0.3) is 0 Å². The van der Waals surface area contributed by atoms with E-state index in [0.717, 1.165) is 48.8 Å². The average Bonchev–Trinajstić information content (AvgIpc) is 3.25. The van der Waals surface area contributed by atoms with Crippen LogP contribution in [0, 0.1) is 5.82 Å². The van der Waals surface area contributed by atoms with Crippen LogP contribution in [0.4, 0.5) is 20.6 Å². The number of amides is 2. The quantitative estimate of drug-likeness (QED) is 0.515. The van der Waals surface area contributed by atoms with Crippen molar-refractivity contribution in [1.82, 2.24) is 14.8 Å². The molecule has 1 saturated heterocycles. The monoisotopic (exact) mass is 483 g/mol. The van der Waals surface area contributed by atoms with E-state index in [-0.39, 0.29) is 11.8 Å². The van der Waals surface area contributed by atoms with Gasteiger partial charge in [-0.3, -0.25) is 0 Å². The van der Waals surface area contributed by atoms with Crippen molar-refractivity contribution in [3.05, 3.63) is 64.5 Å². The van der Waals surface area contributed by atoms with Crippen molar-refractivity contribution in [1.29, 1.82) is 0 Å². The van der Waals surface area contributed by atoms with E-state index in [0.29, 0.717) is 18.8 Å². The number of urea groups is 1. The highest BCUT2D eigenvalue weighted by molar-refractivity contribution is 7.07. The number of hydrogen-bond donors (Lipinski definition) is 1. The first-order valence-electron chi connectivity index (χ1n) is 11.4. The lowest BCUT2D eigenvalue weighted by molar-refractivity contribution is 0.122. The molecule has 1 aliphatic heterocycles. The topological polar surface area (TPSA) is 62.1 Å². The van der Waals surface area contributed by atoms with Crippen LogP contribution in [0.25, 0.3) is 11.3 Å². The third kappa shape index (κ3) is 6.03. The number of nitrogens with zero attached hydrogens (tertiary/aromatic N) is 4. The maximum Gasteiger partial charge on any atom is 0.316 e. The molecule has 0 aliphatic carbocycles.